The fourth-order valence-electron chi connectivity index (χ4n) is 2.42. The normalized spacial score (nSPS) is 10.3. The van der Waals surface area contributed by atoms with Crippen LogP contribution in [0.4, 0.5) is 0 Å². The molecule has 0 atom stereocenters. The van der Waals surface area contributed by atoms with Gasteiger partial charge in [0.2, 0.25) is 11.7 Å². The molecule has 0 radical (unpaired) electrons. The van der Waals surface area contributed by atoms with Crippen molar-refractivity contribution in [2.75, 3.05) is 21.3 Å². The van der Waals surface area contributed by atoms with Crippen LogP contribution in [0.15, 0.2) is 47.0 Å². The summed E-state index contributed by atoms with van der Waals surface area (Å²) in [4.78, 5) is 16.6. The zero-order valence-corrected chi connectivity index (χ0v) is 15.2. The minimum atomic E-state index is -0.292. The molecular formula is C19H19N3O5. The molecule has 0 unspecified atom stereocenters. The quantitative estimate of drug-likeness (QED) is 0.684. The predicted octanol–water partition coefficient (Wildman–Crippen LogP) is 2.69. The number of nitrogens with one attached hydrogen (secondary N) is 1. The van der Waals surface area contributed by atoms with Crippen LogP contribution in [-0.2, 0) is 6.54 Å². The largest absolute Gasteiger partial charge is 0.497 e. The van der Waals surface area contributed by atoms with Crippen LogP contribution in [0.3, 0.4) is 0 Å². The summed E-state index contributed by atoms with van der Waals surface area (Å²) in [6.07, 6.45) is 0. The Morgan fingerprint density at radius 2 is 1.74 bits per heavy atom. The van der Waals surface area contributed by atoms with Crippen LogP contribution in [-0.4, -0.2) is 37.4 Å². The van der Waals surface area contributed by atoms with E-state index in [-0.39, 0.29) is 12.5 Å². The van der Waals surface area contributed by atoms with Crippen LogP contribution >= 0.6 is 0 Å². The van der Waals surface area contributed by atoms with Gasteiger partial charge in [0, 0.05) is 11.1 Å². The average molecular weight is 369 g/mol. The lowest BCUT2D eigenvalue weighted by molar-refractivity contribution is 0.0946. The van der Waals surface area contributed by atoms with Gasteiger partial charge in [-0.05, 0) is 42.5 Å². The second kappa shape index (κ2) is 8.22. The van der Waals surface area contributed by atoms with Gasteiger partial charge in [0.15, 0.2) is 11.5 Å². The van der Waals surface area contributed by atoms with Crippen molar-refractivity contribution in [2.45, 2.75) is 6.54 Å². The Morgan fingerprint density at radius 3 is 2.41 bits per heavy atom. The molecule has 140 valence electrons. The van der Waals surface area contributed by atoms with Gasteiger partial charge in [-0.25, -0.2) is 0 Å². The van der Waals surface area contributed by atoms with Gasteiger partial charge >= 0.3 is 0 Å². The fourth-order valence-corrected chi connectivity index (χ4v) is 2.42. The number of carbonyl (C=O) groups excluding carboxylic acids is 1. The third-order valence-electron chi connectivity index (χ3n) is 3.86. The number of methoxy groups -OCH3 is 3. The second-order valence-electron chi connectivity index (χ2n) is 5.49. The third kappa shape index (κ3) is 4.17. The number of aromatic nitrogens is 2. The van der Waals surface area contributed by atoms with Crippen molar-refractivity contribution in [1.82, 2.24) is 15.5 Å². The summed E-state index contributed by atoms with van der Waals surface area (Å²) in [7, 11) is 4.65. The zero-order valence-electron chi connectivity index (χ0n) is 15.2. The Morgan fingerprint density at radius 1 is 1.00 bits per heavy atom. The standard InChI is InChI=1S/C19H19N3O5/c1-24-14-7-4-12(5-8-14)18-21-17(27-22-18)11-20-19(23)13-6-9-15(25-2)16(10-13)26-3/h4-10H,11H2,1-3H3,(H,20,23). The average Bonchev–Trinajstić information content (AvgIpc) is 3.20. The van der Waals surface area contributed by atoms with E-state index in [4.69, 9.17) is 18.7 Å². The summed E-state index contributed by atoms with van der Waals surface area (Å²) in [6, 6.07) is 12.2. The van der Waals surface area contributed by atoms with Crippen molar-refractivity contribution in [2.24, 2.45) is 0 Å². The molecule has 0 saturated heterocycles. The van der Waals surface area contributed by atoms with Crippen LogP contribution in [0.5, 0.6) is 17.2 Å². The first-order chi connectivity index (χ1) is 13.1. The summed E-state index contributed by atoms with van der Waals surface area (Å²) < 4.78 is 20.7. The number of benzene rings is 2. The van der Waals surface area contributed by atoms with Gasteiger partial charge in [-0.1, -0.05) is 5.16 Å². The molecule has 2 aromatic carbocycles. The summed E-state index contributed by atoms with van der Waals surface area (Å²) in [5, 5.41) is 6.66. The van der Waals surface area contributed by atoms with E-state index in [9.17, 15) is 4.79 Å². The molecule has 1 N–H and O–H groups in total. The number of carbonyl (C=O) groups is 1. The van der Waals surface area contributed by atoms with Crippen LogP contribution < -0.4 is 19.5 Å². The van der Waals surface area contributed by atoms with Gasteiger partial charge in [0.05, 0.1) is 27.9 Å². The molecule has 0 spiro atoms. The van der Waals surface area contributed by atoms with Crippen LogP contribution in [0.2, 0.25) is 0 Å². The van der Waals surface area contributed by atoms with Gasteiger partial charge < -0.3 is 24.1 Å². The lowest BCUT2D eigenvalue weighted by atomic mass is 10.2. The van der Waals surface area contributed by atoms with Gasteiger partial charge in [-0.3, -0.25) is 4.79 Å². The molecule has 8 nitrogen and oxygen atoms in total. The summed E-state index contributed by atoms with van der Waals surface area (Å²) >= 11 is 0. The first kappa shape index (κ1) is 18.2. The van der Waals surface area contributed by atoms with Crippen LogP contribution in [0.25, 0.3) is 11.4 Å². The fraction of sp³-hybridized carbons (Fsp3) is 0.211. The van der Waals surface area contributed by atoms with Gasteiger partial charge in [0.25, 0.3) is 5.91 Å². The molecule has 3 aromatic rings. The molecule has 0 aliphatic carbocycles. The first-order valence-corrected chi connectivity index (χ1v) is 8.12. The van der Waals surface area contributed by atoms with Crippen molar-refractivity contribution < 1.29 is 23.5 Å². The second-order valence-corrected chi connectivity index (χ2v) is 5.49. The SMILES string of the molecule is COc1ccc(-c2noc(CNC(=O)c3ccc(OC)c(OC)c3)n2)cc1. The highest BCUT2D eigenvalue weighted by Crippen LogP contribution is 2.27. The van der Waals surface area contributed by atoms with E-state index in [0.717, 1.165) is 11.3 Å². The highest BCUT2D eigenvalue weighted by Gasteiger charge is 2.13. The highest BCUT2D eigenvalue weighted by molar-refractivity contribution is 5.94. The molecule has 0 fully saturated rings. The topological polar surface area (TPSA) is 95.7 Å². The third-order valence-corrected chi connectivity index (χ3v) is 3.86. The Balaban J connectivity index is 1.65. The van der Waals surface area contributed by atoms with E-state index in [1.807, 2.05) is 24.3 Å². The maximum Gasteiger partial charge on any atom is 0.251 e. The molecule has 1 amide bonds. The van der Waals surface area contributed by atoms with E-state index < -0.39 is 0 Å². The summed E-state index contributed by atoms with van der Waals surface area (Å²) in [5.74, 6) is 2.22. The number of rotatable bonds is 7. The molecule has 0 aliphatic heterocycles. The first-order valence-electron chi connectivity index (χ1n) is 8.12. The number of nitrogens with zero attached hydrogens (tertiary/aromatic N) is 2. The lowest BCUT2D eigenvalue weighted by Gasteiger charge is -2.09. The molecule has 27 heavy (non-hydrogen) atoms. The van der Waals surface area contributed by atoms with Crippen LogP contribution in [0.1, 0.15) is 16.2 Å². The van der Waals surface area contributed by atoms with Crippen molar-refractivity contribution in [1.29, 1.82) is 0 Å². The summed E-state index contributed by atoms with van der Waals surface area (Å²) in [5.41, 5.74) is 1.22. The van der Waals surface area contributed by atoms with Crippen molar-refractivity contribution >= 4 is 5.91 Å². The summed E-state index contributed by atoms with van der Waals surface area (Å²) in [6.45, 7) is 0.107. The van der Waals surface area contributed by atoms with Crippen LogP contribution in [0, 0.1) is 0 Å². The van der Waals surface area contributed by atoms with Crippen molar-refractivity contribution in [3.63, 3.8) is 0 Å². The Bertz CT molecular complexity index is 921. The van der Waals surface area contributed by atoms with E-state index in [2.05, 4.69) is 15.5 Å². The van der Waals surface area contributed by atoms with E-state index in [1.165, 1.54) is 14.2 Å². The van der Waals surface area contributed by atoms with Gasteiger partial charge in [-0.15, -0.1) is 0 Å². The molecule has 1 heterocycles. The minimum Gasteiger partial charge on any atom is -0.497 e. The molecule has 8 heteroatoms. The zero-order chi connectivity index (χ0) is 19.2. The monoisotopic (exact) mass is 369 g/mol. The molecule has 3 rings (SSSR count). The van der Waals surface area contributed by atoms with Crippen molar-refractivity contribution in [3.05, 3.63) is 53.9 Å². The minimum absolute atomic E-state index is 0.107. The maximum atomic E-state index is 12.3. The molecule has 1 aromatic heterocycles. The number of hydrogen-bond acceptors (Lipinski definition) is 7. The van der Waals surface area contributed by atoms with Gasteiger partial charge in [-0.2, -0.15) is 4.98 Å². The van der Waals surface area contributed by atoms with Gasteiger partial charge in [0.1, 0.15) is 5.75 Å². The van der Waals surface area contributed by atoms with E-state index >= 15 is 0 Å². The van der Waals surface area contributed by atoms with E-state index in [1.54, 1.807) is 25.3 Å². The number of ether oxygens (including phenoxy) is 3. The molecule has 0 aliphatic rings. The molecule has 0 saturated carbocycles. The lowest BCUT2D eigenvalue weighted by Crippen LogP contribution is -2.23. The Hall–Kier alpha value is -3.55. The molecular weight excluding hydrogens is 350 g/mol. The predicted molar refractivity (Wildman–Crippen MR) is 97.0 cm³/mol. The van der Waals surface area contributed by atoms with Crippen molar-refractivity contribution in [3.8, 4) is 28.6 Å². The van der Waals surface area contributed by atoms with E-state index in [0.29, 0.717) is 28.8 Å². The Kier molecular flexibility index (Phi) is 5.55. The Labute approximate surface area is 156 Å². The maximum absolute atomic E-state index is 12.3. The highest BCUT2D eigenvalue weighted by atomic mass is 16.5. The number of amides is 1. The number of hydrogen-bond donors (Lipinski definition) is 1. The molecule has 0 bridgehead atoms. The smallest absolute Gasteiger partial charge is 0.251 e.